The molecule has 0 aliphatic rings. The number of aliphatic imine (C=N–C) groups is 1. The van der Waals surface area contributed by atoms with E-state index in [1.807, 2.05) is 12.1 Å². The van der Waals surface area contributed by atoms with E-state index in [4.69, 9.17) is 0 Å². The highest BCUT2D eigenvalue weighted by molar-refractivity contribution is 5.79. The molecule has 1 aromatic carbocycles. The Morgan fingerprint density at radius 1 is 1.21 bits per heavy atom. The second-order valence-corrected chi connectivity index (χ2v) is 6.16. The number of hydrogen-bond acceptors (Lipinski definition) is 3. The first-order valence-corrected chi connectivity index (χ1v) is 8.65. The quantitative estimate of drug-likeness (QED) is 0.444. The summed E-state index contributed by atoms with van der Waals surface area (Å²) < 4.78 is 1.74. The van der Waals surface area contributed by atoms with Crippen molar-refractivity contribution < 1.29 is 0 Å². The van der Waals surface area contributed by atoms with Crippen LogP contribution in [-0.4, -0.2) is 33.8 Å². The van der Waals surface area contributed by atoms with E-state index in [-0.39, 0.29) is 0 Å². The summed E-state index contributed by atoms with van der Waals surface area (Å²) in [6.07, 6.45) is 5.62. The maximum Gasteiger partial charge on any atom is 0.191 e. The fourth-order valence-electron chi connectivity index (χ4n) is 2.32. The van der Waals surface area contributed by atoms with Gasteiger partial charge >= 0.3 is 0 Å². The molecule has 2 N–H and O–H groups in total. The molecule has 0 amide bonds. The molecule has 0 unspecified atom stereocenters. The topological polar surface area (TPSA) is 67.1 Å². The van der Waals surface area contributed by atoms with E-state index in [2.05, 4.69) is 58.6 Å². The van der Waals surface area contributed by atoms with Gasteiger partial charge in [-0.25, -0.2) is 14.7 Å². The summed E-state index contributed by atoms with van der Waals surface area (Å²) in [4.78, 5) is 8.61. The molecule has 0 radical (unpaired) electrons. The van der Waals surface area contributed by atoms with E-state index in [9.17, 15) is 0 Å². The molecular formula is C18H28N6. The Hall–Kier alpha value is -2.37. The van der Waals surface area contributed by atoms with Crippen LogP contribution in [0.5, 0.6) is 0 Å². The third kappa shape index (κ3) is 6.02. The third-order valence-electron chi connectivity index (χ3n) is 3.63. The van der Waals surface area contributed by atoms with Gasteiger partial charge in [0.1, 0.15) is 12.7 Å². The van der Waals surface area contributed by atoms with Gasteiger partial charge in [-0.2, -0.15) is 5.10 Å². The van der Waals surface area contributed by atoms with E-state index in [1.54, 1.807) is 11.0 Å². The first kappa shape index (κ1) is 18.0. The van der Waals surface area contributed by atoms with Crippen molar-refractivity contribution in [2.45, 2.75) is 40.2 Å². The summed E-state index contributed by atoms with van der Waals surface area (Å²) in [5, 5.41) is 10.8. The van der Waals surface area contributed by atoms with Gasteiger partial charge in [0, 0.05) is 13.1 Å². The van der Waals surface area contributed by atoms with Crippen molar-refractivity contribution in [1.29, 1.82) is 0 Å². The molecule has 0 aliphatic carbocycles. The van der Waals surface area contributed by atoms with Crippen LogP contribution in [0.1, 0.15) is 39.2 Å². The van der Waals surface area contributed by atoms with Crippen molar-refractivity contribution in [2.24, 2.45) is 10.9 Å². The van der Waals surface area contributed by atoms with Gasteiger partial charge < -0.3 is 10.6 Å². The minimum Gasteiger partial charge on any atom is -0.357 e. The zero-order chi connectivity index (χ0) is 17.2. The molecule has 2 aromatic rings. The number of hydrogen-bond donors (Lipinski definition) is 2. The Bertz CT molecular complexity index is 601. The highest BCUT2D eigenvalue weighted by Crippen LogP contribution is 2.09. The van der Waals surface area contributed by atoms with Gasteiger partial charge in [-0.15, -0.1) is 0 Å². The maximum absolute atomic E-state index is 4.65. The van der Waals surface area contributed by atoms with Crippen molar-refractivity contribution in [2.75, 3.05) is 13.1 Å². The molecule has 0 atom stereocenters. The normalized spacial score (nSPS) is 11.8. The molecule has 0 saturated carbocycles. The largest absolute Gasteiger partial charge is 0.357 e. The Kier molecular flexibility index (Phi) is 7.26. The summed E-state index contributed by atoms with van der Waals surface area (Å²) in [7, 11) is 0. The smallest absolute Gasteiger partial charge is 0.191 e. The summed E-state index contributed by atoms with van der Waals surface area (Å²) >= 11 is 0. The molecule has 6 heteroatoms. The summed E-state index contributed by atoms with van der Waals surface area (Å²) in [6, 6.07) is 8.21. The molecule has 1 heterocycles. The summed E-state index contributed by atoms with van der Waals surface area (Å²) in [6.45, 7) is 9.05. The van der Waals surface area contributed by atoms with E-state index in [1.165, 1.54) is 18.3 Å². The SMILES string of the molecule is CCNC(=NCc1ccc(-n2cncn2)cc1)NCCCC(C)C. The molecule has 2 rings (SSSR count). The van der Waals surface area contributed by atoms with Crippen LogP contribution >= 0.6 is 0 Å². The zero-order valence-corrected chi connectivity index (χ0v) is 14.9. The molecule has 0 fully saturated rings. The van der Waals surface area contributed by atoms with Crippen LogP contribution in [-0.2, 0) is 6.54 Å². The first-order valence-electron chi connectivity index (χ1n) is 8.65. The summed E-state index contributed by atoms with van der Waals surface area (Å²) in [5.41, 5.74) is 2.16. The number of benzene rings is 1. The Balaban J connectivity index is 1.88. The highest BCUT2D eigenvalue weighted by atomic mass is 15.3. The van der Waals surface area contributed by atoms with E-state index >= 15 is 0 Å². The van der Waals surface area contributed by atoms with Crippen LogP contribution in [0.4, 0.5) is 0 Å². The van der Waals surface area contributed by atoms with E-state index in [0.717, 1.165) is 37.1 Å². The number of nitrogens with zero attached hydrogens (tertiary/aromatic N) is 4. The van der Waals surface area contributed by atoms with Crippen LogP contribution < -0.4 is 10.6 Å². The lowest BCUT2D eigenvalue weighted by atomic mass is 10.1. The van der Waals surface area contributed by atoms with E-state index in [0.29, 0.717) is 6.54 Å². The molecule has 1 aromatic heterocycles. The number of aromatic nitrogens is 3. The molecular weight excluding hydrogens is 300 g/mol. The molecule has 0 saturated heterocycles. The highest BCUT2D eigenvalue weighted by Gasteiger charge is 2.00. The Morgan fingerprint density at radius 3 is 2.62 bits per heavy atom. The van der Waals surface area contributed by atoms with Gasteiger partial charge in [-0.1, -0.05) is 26.0 Å². The fourth-order valence-corrected chi connectivity index (χ4v) is 2.32. The van der Waals surface area contributed by atoms with Gasteiger partial charge in [-0.05, 0) is 43.4 Å². The predicted octanol–water partition coefficient (Wildman–Crippen LogP) is 2.76. The Labute approximate surface area is 144 Å². The van der Waals surface area contributed by atoms with Gasteiger partial charge in [-0.3, -0.25) is 0 Å². The first-order chi connectivity index (χ1) is 11.7. The third-order valence-corrected chi connectivity index (χ3v) is 3.63. The second kappa shape index (κ2) is 9.70. The average Bonchev–Trinajstić information content (AvgIpc) is 3.11. The van der Waals surface area contributed by atoms with Crippen molar-refractivity contribution in [1.82, 2.24) is 25.4 Å². The van der Waals surface area contributed by atoms with Gasteiger partial charge in [0.2, 0.25) is 0 Å². The number of rotatable bonds is 8. The standard InChI is InChI=1S/C18H28N6/c1-4-20-18(21-11-5-6-15(2)3)22-12-16-7-9-17(10-8-16)24-14-19-13-23-24/h7-10,13-15H,4-6,11-12H2,1-3H3,(H2,20,21,22). The van der Waals surface area contributed by atoms with Crippen LogP contribution in [0.15, 0.2) is 41.9 Å². The molecule has 130 valence electrons. The minimum absolute atomic E-state index is 0.650. The van der Waals surface area contributed by atoms with Crippen LogP contribution in [0.25, 0.3) is 5.69 Å². The number of nitrogens with one attached hydrogen (secondary N) is 2. The predicted molar refractivity (Wildman–Crippen MR) is 98.2 cm³/mol. The summed E-state index contributed by atoms with van der Waals surface area (Å²) in [5.74, 6) is 1.62. The molecule has 0 bridgehead atoms. The van der Waals surface area contributed by atoms with Crippen molar-refractivity contribution in [3.8, 4) is 5.69 Å². The van der Waals surface area contributed by atoms with E-state index < -0.39 is 0 Å². The molecule has 0 spiro atoms. The second-order valence-electron chi connectivity index (χ2n) is 6.16. The van der Waals surface area contributed by atoms with Gasteiger partial charge in [0.25, 0.3) is 0 Å². The van der Waals surface area contributed by atoms with Crippen molar-refractivity contribution >= 4 is 5.96 Å². The van der Waals surface area contributed by atoms with Crippen LogP contribution in [0.2, 0.25) is 0 Å². The minimum atomic E-state index is 0.650. The van der Waals surface area contributed by atoms with Gasteiger partial charge in [0.15, 0.2) is 5.96 Å². The van der Waals surface area contributed by atoms with Crippen molar-refractivity contribution in [3.63, 3.8) is 0 Å². The Morgan fingerprint density at radius 2 is 2.00 bits per heavy atom. The van der Waals surface area contributed by atoms with Crippen LogP contribution in [0.3, 0.4) is 0 Å². The van der Waals surface area contributed by atoms with Gasteiger partial charge in [0.05, 0.1) is 12.2 Å². The molecule has 24 heavy (non-hydrogen) atoms. The lowest BCUT2D eigenvalue weighted by molar-refractivity contribution is 0.549. The maximum atomic E-state index is 4.65. The lowest BCUT2D eigenvalue weighted by Gasteiger charge is -2.12. The monoisotopic (exact) mass is 328 g/mol. The number of guanidine groups is 1. The molecule has 0 aliphatic heterocycles. The zero-order valence-electron chi connectivity index (χ0n) is 14.9. The fraction of sp³-hybridized carbons (Fsp3) is 0.500. The molecule has 6 nitrogen and oxygen atoms in total. The average molecular weight is 328 g/mol. The lowest BCUT2D eigenvalue weighted by Crippen LogP contribution is -2.37. The van der Waals surface area contributed by atoms with Crippen molar-refractivity contribution in [3.05, 3.63) is 42.5 Å². The van der Waals surface area contributed by atoms with Crippen LogP contribution in [0, 0.1) is 5.92 Å².